The Morgan fingerprint density at radius 1 is 1.12 bits per heavy atom. The van der Waals surface area contributed by atoms with Crippen LogP contribution in [0, 0.1) is 13.8 Å². The van der Waals surface area contributed by atoms with Gasteiger partial charge in [0, 0.05) is 5.56 Å². The predicted molar refractivity (Wildman–Crippen MR) is 71.2 cm³/mol. The first-order chi connectivity index (χ1) is 8.11. The molecule has 2 aromatic rings. The van der Waals surface area contributed by atoms with Crippen molar-refractivity contribution in [3.8, 4) is 17.0 Å². The number of aromatic nitrogens is 2. The molecule has 0 spiro atoms. The molecule has 0 saturated heterocycles. The number of methoxy groups -OCH3 is 1. The number of benzene rings is 1. The van der Waals surface area contributed by atoms with Gasteiger partial charge in [-0.25, -0.2) is 9.97 Å². The summed E-state index contributed by atoms with van der Waals surface area (Å²) in [5, 5.41) is 0. The fourth-order valence-corrected chi connectivity index (χ4v) is 2.20. The van der Waals surface area contributed by atoms with Crippen molar-refractivity contribution < 1.29 is 4.74 Å². The minimum Gasteiger partial charge on any atom is -0.496 e. The number of rotatable bonds is 2. The molecule has 0 atom stereocenters. The van der Waals surface area contributed by atoms with E-state index in [2.05, 4.69) is 45.8 Å². The van der Waals surface area contributed by atoms with Crippen molar-refractivity contribution in [1.29, 1.82) is 0 Å². The highest BCUT2D eigenvalue weighted by molar-refractivity contribution is 9.10. The zero-order valence-corrected chi connectivity index (χ0v) is 11.6. The molecule has 0 N–H and O–H groups in total. The quantitative estimate of drug-likeness (QED) is 0.794. The molecule has 17 heavy (non-hydrogen) atoms. The second kappa shape index (κ2) is 4.84. The van der Waals surface area contributed by atoms with Gasteiger partial charge < -0.3 is 4.74 Å². The van der Waals surface area contributed by atoms with Crippen molar-refractivity contribution in [2.75, 3.05) is 7.11 Å². The van der Waals surface area contributed by atoms with Crippen LogP contribution in [0.1, 0.15) is 11.1 Å². The van der Waals surface area contributed by atoms with Crippen molar-refractivity contribution in [3.05, 3.63) is 40.3 Å². The van der Waals surface area contributed by atoms with Crippen LogP contribution in [0.2, 0.25) is 0 Å². The Hall–Kier alpha value is -1.42. The summed E-state index contributed by atoms with van der Waals surface area (Å²) in [5.41, 5.74) is 4.20. The lowest BCUT2D eigenvalue weighted by atomic mass is 10.0. The van der Waals surface area contributed by atoms with Crippen LogP contribution in [0.25, 0.3) is 11.3 Å². The van der Waals surface area contributed by atoms with Crippen molar-refractivity contribution in [3.63, 3.8) is 0 Å². The average molecular weight is 293 g/mol. The summed E-state index contributed by atoms with van der Waals surface area (Å²) in [4.78, 5) is 8.32. The van der Waals surface area contributed by atoms with Crippen LogP contribution in [0.15, 0.2) is 29.1 Å². The van der Waals surface area contributed by atoms with E-state index in [0.717, 1.165) is 27.2 Å². The summed E-state index contributed by atoms with van der Waals surface area (Å²) in [5.74, 6) is 0.841. The van der Waals surface area contributed by atoms with Crippen molar-refractivity contribution in [1.82, 2.24) is 9.97 Å². The van der Waals surface area contributed by atoms with Gasteiger partial charge in [0.1, 0.15) is 16.7 Å². The van der Waals surface area contributed by atoms with Gasteiger partial charge in [-0.2, -0.15) is 0 Å². The predicted octanol–water partition coefficient (Wildman–Crippen LogP) is 3.53. The monoisotopic (exact) mass is 292 g/mol. The van der Waals surface area contributed by atoms with Crippen LogP contribution in [0.4, 0.5) is 0 Å². The van der Waals surface area contributed by atoms with Crippen LogP contribution in [-0.2, 0) is 0 Å². The van der Waals surface area contributed by atoms with Crippen LogP contribution in [0.3, 0.4) is 0 Å². The molecule has 0 aliphatic carbocycles. The second-order valence-electron chi connectivity index (χ2n) is 3.89. The highest BCUT2D eigenvalue weighted by Gasteiger charge is 2.11. The van der Waals surface area contributed by atoms with Gasteiger partial charge in [-0.05, 0) is 53.0 Å². The van der Waals surface area contributed by atoms with E-state index in [0.29, 0.717) is 0 Å². The number of nitrogens with zero attached hydrogens (tertiary/aromatic N) is 2. The highest BCUT2D eigenvalue weighted by atomic mass is 79.9. The summed E-state index contributed by atoms with van der Waals surface area (Å²) in [6.07, 6.45) is 1.54. The average Bonchev–Trinajstić information content (AvgIpc) is 2.27. The molecule has 0 radical (unpaired) electrons. The molecule has 1 heterocycles. The zero-order chi connectivity index (χ0) is 12.4. The number of hydrogen-bond acceptors (Lipinski definition) is 3. The van der Waals surface area contributed by atoms with E-state index in [9.17, 15) is 0 Å². The molecule has 3 nitrogen and oxygen atoms in total. The Balaban J connectivity index is 2.66. The number of aryl methyl sites for hydroxylation is 2. The van der Waals surface area contributed by atoms with Gasteiger partial charge in [0.25, 0.3) is 0 Å². The van der Waals surface area contributed by atoms with E-state index >= 15 is 0 Å². The lowest BCUT2D eigenvalue weighted by molar-refractivity contribution is 0.415. The Labute approximate surface area is 109 Å². The maximum absolute atomic E-state index is 5.43. The first kappa shape index (κ1) is 12.0. The molecule has 88 valence electrons. The fourth-order valence-electron chi connectivity index (χ4n) is 1.89. The van der Waals surface area contributed by atoms with Gasteiger partial charge in [0.15, 0.2) is 0 Å². The topological polar surface area (TPSA) is 35.0 Å². The Morgan fingerprint density at radius 3 is 2.53 bits per heavy atom. The van der Waals surface area contributed by atoms with Crippen molar-refractivity contribution in [2.45, 2.75) is 13.8 Å². The zero-order valence-electron chi connectivity index (χ0n) is 9.99. The van der Waals surface area contributed by atoms with Gasteiger partial charge in [-0.3, -0.25) is 0 Å². The highest BCUT2D eigenvalue weighted by Crippen LogP contribution is 2.33. The molecule has 0 amide bonds. The Bertz CT molecular complexity index is 555. The fraction of sp³-hybridized carbons (Fsp3) is 0.231. The van der Waals surface area contributed by atoms with Gasteiger partial charge in [-0.1, -0.05) is 6.07 Å². The summed E-state index contributed by atoms with van der Waals surface area (Å²) < 4.78 is 6.19. The third-order valence-electron chi connectivity index (χ3n) is 2.55. The molecule has 0 saturated carbocycles. The second-order valence-corrected chi connectivity index (χ2v) is 4.70. The molecule has 0 bridgehead atoms. The van der Waals surface area contributed by atoms with E-state index in [1.165, 1.54) is 11.9 Å². The Morgan fingerprint density at radius 2 is 1.88 bits per heavy atom. The molecule has 0 fully saturated rings. The molecular weight excluding hydrogens is 280 g/mol. The smallest absolute Gasteiger partial charge is 0.128 e. The maximum atomic E-state index is 5.43. The molecule has 0 aliphatic heterocycles. The number of hydrogen-bond donors (Lipinski definition) is 0. The van der Waals surface area contributed by atoms with Gasteiger partial charge >= 0.3 is 0 Å². The normalized spacial score (nSPS) is 10.4. The van der Waals surface area contributed by atoms with Crippen LogP contribution in [0.5, 0.6) is 5.75 Å². The lowest BCUT2D eigenvalue weighted by Gasteiger charge is -2.12. The van der Waals surface area contributed by atoms with E-state index < -0.39 is 0 Å². The summed E-state index contributed by atoms with van der Waals surface area (Å²) in [6.45, 7) is 4.11. The van der Waals surface area contributed by atoms with Crippen molar-refractivity contribution in [2.24, 2.45) is 0 Å². The SMILES string of the molecule is COc1cc(C)cc(C)c1-c1cc(Br)ncn1. The minimum absolute atomic E-state index is 0.768. The Kier molecular flexibility index (Phi) is 3.43. The van der Waals surface area contributed by atoms with Gasteiger partial charge in [0.2, 0.25) is 0 Å². The standard InChI is InChI=1S/C13H13BrN2O/c1-8-4-9(2)13(11(5-8)17-3)10-6-12(14)16-7-15-10/h4-7H,1-3H3. The molecule has 1 aromatic heterocycles. The molecule has 1 aromatic carbocycles. The molecule has 0 aliphatic rings. The third-order valence-corrected chi connectivity index (χ3v) is 2.99. The molecule has 4 heteroatoms. The largest absolute Gasteiger partial charge is 0.496 e. The van der Waals surface area contributed by atoms with Crippen molar-refractivity contribution >= 4 is 15.9 Å². The van der Waals surface area contributed by atoms with E-state index in [1.54, 1.807) is 7.11 Å². The number of ether oxygens (including phenoxy) is 1. The van der Waals surface area contributed by atoms with Gasteiger partial charge in [0.05, 0.1) is 12.8 Å². The molecule has 0 unspecified atom stereocenters. The lowest BCUT2D eigenvalue weighted by Crippen LogP contribution is -1.95. The summed E-state index contributed by atoms with van der Waals surface area (Å²) in [6, 6.07) is 6.02. The van der Waals surface area contributed by atoms with E-state index in [4.69, 9.17) is 4.74 Å². The van der Waals surface area contributed by atoms with Crippen LogP contribution >= 0.6 is 15.9 Å². The first-order valence-corrected chi connectivity index (χ1v) is 6.04. The molecule has 2 rings (SSSR count). The maximum Gasteiger partial charge on any atom is 0.128 e. The van der Waals surface area contributed by atoms with Crippen LogP contribution in [-0.4, -0.2) is 17.1 Å². The summed E-state index contributed by atoms with van der Waals surface area (Å²) in [7, 11) is 1.67. The first-order valence-electron chi connectivity index (χ1n) is 5.25. The third kappa shape index (κ3) is 2.47. The van der Waals surface area contributed by atoms with E-state index in [-0.39, 0.29) is 0 Å². The minimum atomic E-state index is 0.768. The molecular formula is C13H13BrN2O. The van der Waals surface area contributed by atoms with Crippen LogP contribution < -0.4 is 4.74 Å². The summed E-state index contributed by atoms with van der Waals surface area (Å²) >= 11 is 3.35. The van der Waals surface area contributed by atoms with Gasteiger partial charge in [-0.15, -0.1) is 0 Å². The number of halogens is 1. The van der Waals surface area contributed by atoms with E-state index in [1.807, 2.05) is 12.1 Å².